The van der Waals surface area contributed by atoms with Crippen molar-refractivity contribution in [2.45, 2.75) is 32.5 Å². The van der Waals surface area contributed by atoms with E-state index in [1.165, 1.54) is 0 Å². The number of hydrogen-bond acceptors (Lipinski definition) is 2. The Morgan fingerprint density at radius 1 is 1.15 bits per heavy atom. The molecule has 108 valence electrons. The zero-order valence-corrected chi connectivity index (χ0v) is 11.2. The summed E-state index contributed by atoms with van der Waals surface area (Å²) in [5.41, 5.74) is 6.76. The molecule has 0 unspecified atom stereocenters. The maximum absolute atomic E-state index is 12.4. The van der Waals surface area contributed by atoms with E-state index in [1.807, 2.05) is 0 Å². The summed E-state index contributed by atoms with van der Waals surface area (Å²) >= 11 is 0. The molecule has 1 aromatic carbocycles. The number of nitrogens with zero attached hydrogens (tertiary/aromatic N) is 2. The lowest BCUT2D eigenvalue weighted by Gasteiger charge is -2.17. The van der Waals surface area contributed by atoms with Crippen LogP contribution in [0.2, 0.25) is 0 Å². The predicted molar refractivity (Wildman–Crippen MR) is 65.0 cm³/mol. The van der Waals surface area contributed by atoms with Gasteiger partial charge >= 0.3 is 17.9 Å². The molecule has 0 amide bonds. The highest BCUT2D eigenvalue weighted by Gasteiger charge is 2.32. The van der Waals surface area contributed by atoms with Crippen LogP contribution in [0.25, 0.3) is 5.53 Å². The number of rotatable bonds is 2. The highest BCUT2D eigenvalue weighted by atomic mass is 19.4. The second-order valence-corrected chi connectivity index (χ2v) is 5.03. The molecule has 0 saturated carbocycles. The Morgan fingerprint density at radius 2 is 1.65 bits per heavy atom. The van der Waals surface area contributed by atoms with Gasteiger partial charge in [-0.1, -0.05) is 0 Å². The van der Waals surface area contributed by atoms with Crippen molar-refractivity contribution in [1.82, 2.24) is 0 Å². The molecule has 0 aromatic heterocycles. The van der Waals surface area contributed by atoms with Crippen LogP contribution in [0, 0.1) is 0 Å². The van der Waals surface area contributed by atoms with Crippen molar-refractivity contribution < 1.29 is 27.5 Å². The van der Waals surface area contributed by atoms with E-state index in [2.05, 4.69) is 4.79 Å². The lowest BCUT2D eigenvalue weighted by atomic mass is 10.1. The smallest absolute Gasteiger partial charge is 0.422 e. The fourth-order valence-electron chi connectivity index (χ4n) is 1.36. The average Bonchev–Trinajstić information content (AvgIpc) is 2.27. The third-order valence-electron chi connectivity index (χ3n) is 2.18. The van der Waals surface area contributed by atoms with Gasteiger partial charge in [0, 0.05) is 0 Å². The molecular formula is C13H13F3N2O2. The highest BCUT2D eigenvalue weighted by Crippen LogP contribution is 2.29. The van der Waals surface area contributed by atoms with Gasteiger partial charge in [0.2, 0.25) is 0 Å². The molecule has 0 fully saturated rings. The zero-order chi connectivity index (χ0) is 15.6. The Labute approximate surface area is 113 Å². The van der Waals surface area contributed by atoms with Crippen LogP contribution in [0.15, 0.2) is 24.3 Å². The Morgan fingerprint density at radius 3 is 2.00 bits per heavy atom. The number of esters is 1. The molecule has 0 N–H and O–H groups in total. The molecule has 20 heavy (non-hydrogen) atoms. The lowest BCUT2D eigenvalue weighted by molar-refractivity contribution is -0.150. The second kappa shape index (κ2) is 5.46. The standard InChI is InChI=1S/C13H13F3N2O2/c1-12(2,3)20-11(19)10(18-17)8-4-6-9(7-5-8)13(14,15)16/h4-7H,1-3H3. The lowest BCUT2D eigenvalue weighted by Crippen LogP contribution is -2.30. The van der Waals surface area contributed by atoms with Gasteiger partial charge < -0.3 is 10.3 Å². The van der Waals surface area contributed by atoms with Gasteiger partial charge in [0.1, 0.15) is 5.60 Å². The quantitative estimate of drug-likeness (QED) is 0.363. The minimum atomic E-state index is -4.47. The van der Waals surface area contributed by atoms with Crippen molar-refractivity contribution >= 4 is 11.7 Å². The first-order valence-corrected chi connectivity index (χ1v) is 5.67. The third kappa shape index (κ3) is 4.20. The van der Waals surface area contributed by atoms with Crippen LogP contribution < -0.4 is 0 Å². The van der Waals surface area contributed by atoms with Crippen LogP contribution in [0.1, 0.15) is 31.9 Å². The van der Waals surface area contributed by atoms with E-state index in [9.17, 15) is 18.0 Å². The summed E-state index contributed by atoms with van der Waals surface area (Å²) in [4.78, 5) is 14.5. The van der Waals surface area contributed by atoms with Crippen LogP contribution >= 0.6 is 0 Å². The van der Waals surface area contributed by atoms with Crippen LogP contribution in [0.4, 0.5) is 13.2 Å². The maximum atomic E-state index is 12.4. The summed E-state index contributed by atoms with van der Waals surface area (Å²) in [5, 5.41) is 0. The normalized spacial score (nSPS) is 11.7. The average molecular weight is 286 g/mol. The van der Waals surface area contributed by atoms with Crippen LogP contribution in [0.5, 0.6) is 0 Å². The van der Waals surface area contributed by atoms with Gasteiger partial charge in [0.05, 0.1) is 11.1 Å². The number of carbonyl (C=O) groups is 1. The molecule has 0 heterocycles. The van der Waals surface area contributed by atoms with Gasteiger partial charge in [0.25, 0.3) is 0 Å². The Bertz CT molecular complexity index is 550. The first-order valence-electron chi connectivity index (χ1n) is 5.67. The minimum Gasteiger partial charge on any atom is -0.451 e. The molecule has 0 aliphatic carbocycles. The number of carbonyl (C=O) groups excluding carboxylic acids is 1. The van der Waals surface area contributed by atoms with Gasteiger partial charge in [-0.15, -0.1) is 0 Å². The van der Waals surface area contributed by atoms with Gasteiger partial charge in [-0.05, 0) is 45.0 Å². The highest BCUT2D eigenvalue weighted by molar-refractivity contribution is 6.40. The zero-order valence-electron chi connectivity index (χ0n) is 11.2. The topological polar surface area (TPSA) is 62.7 Å². The largest absolute Gasteiger partial charge is 0.451 e. The van der Waals surface area contributed by atoms with Crippen molar-refractivity contribution in [3.8, 4) is 0 Å². The molecule has 0 atom stereocenters. The van der Waals surface area contributed by atoms with Crippen molar-refractivity contribution in [3.63, 3.8) is 0 Å². The fraction of sp³-hybridized carbons (Fsp3) is 0.385. The van der Waals surface area contributed by atoms with E-state index in [4.69, 9.17) is 10.3 Å². The van der Waals surface area contributed by atoms with Crippen LogP contribution in [-0.4, -0.2) is 22.1 Å². The summed E-state index contributed by atoms with van der Waals surface area (Å²) in [5.74, 6) is -0.917. The molecule has 4 nitrogen and oxygen atoms in total. The summed E-state index contributed by atoms with van der Waals surface area (Å²) in [6, 6.07) is 3.68. The molecule has 0 saturated heterocycles. The number of alkyl halides is 3. The summed E-state index contributed by atoms with van der Waals surface area (Å²) < 4.78 is 42.2. The Hall–Kier alpha value is -2.14. The molecule has 1 aromatic rings. The SMILES string of the molecule is CC(C)(C)OC(=O)C(=[N+]=[N-])c1ccc(C(F)(F)F)cc1. The second-order valence-electron chi connectivity index (χ2n) is 5.03. The van der Waals surface area contributed by atoms with E-state index >= 15 is 0 Å². The van der Waals surface area contributed by atoms with E-state index in [1.54, 1.807) is 20.8 Å². The van der Waals surface area contributed by atoms with Gasteiger partial charge in [-0.25, -0.2) is 4.79 Å². The third-order valence-corrected chi connectivity index (χ3v) is 2.18. The summed E-state index contributed by atoms with van der Waals surface area (Å²) in [7, 11) is 0. The van der Waals surface area contributed by atoms with Gasteiger partial charge in [-0.2, -0.15) is 18.0 Å². The molecule has 0 aliphatic heterocycles. The Kier molecular flexibility index (Phi) is 4.35. The van der Waals surface area contributed by atoms with E-state index in [0.717, 1.165) is 24.3 Å². The van der Waals surface area contributed by atoms with Gasteiger partial charge in [0.15, 0.2) is 0 Å². The van der Waals surface area contributed by atoms with Crippen LogP contribution in [0.3, 0.4) is 0 Å². The molecule has 0 spiro atoms. The predicted octanol–water partition coefficient (Wildman–Crippen LogP) is 3.07. The number of hydrogen-bond donors (Lipinski definition) is 0. The fourth-order valence-corrected chi connectivity index (χ4v) is 1.36. The first kappa shape index (κ1) is 15.9. The molecule has 0 bridgehead atoms. The molecular weight excluding hydrogens is 273 g/mol. The van der Waals surface area contributed by atoms with E-state index in [0.29, 0.717) is 0 Å². The number of halogens is 3. The maximum Gasteiger partial charge on any atom is 0.422 e. The molecule has 1 rings (SSSR count). The number of ether oxygens (including phenoxy) is 1. The first-order chi connectivity index (χ1) is 9.04. The van der Waals surface area contributed by atoms with Crippen molar-refractivity contribution in [2.75, 3.05) is 0 Å². The number of benzene rings is 1. The van der Waals surface area contributed by atoms with Crippen LogP contribution in [-0.2, 0) is 15.7 Å². The monoisotopic (exact) mass is 286 g/mol. The Balaban J connectivity index is 3.04. The summed E-state index contributed by atoms with van der Waals surface area (Å²) in [6.07, 6.45) is -4.47. The van der Waals surface area contributed by atoms with Crippen molar-refractivity contribution in [1.29, 1.82) is 0 Å². The van der Waals surface area contributed by atoms with E-state index in [-0.39, 0.29) is 5.56 Å². The minimum absolute atomic E-state index is 0.0368. The summed E-state index contributed by atoms with van der Waals surface area (Å²) in [6.45, 7) is 4.85. The van der Waals surface area contributed by atoms with E-state index < -0.39 is 29.0 Å². The molecule has 0 radical (unpaired) electrons. The van der Waals surface area contributed by atoms with Gasteiger partial charge in [-0.3, -0.25) is 0 Å². The molecule has 0 aliphatic rings. The van der Waals surface area contributed by atoms with Crippen molar-refractivity contribution in [3.05, 3.63) is 40.9 Å². The molecule has 7 heteroatoms. The van der Waals surface area contributed by atoms with Crippen molar-refractivity contribution in [2.24, 2.45) is 0 Å².